The molecule has 0 N–H and O–H groups in total. The number of hydrogen-bond acceptors (Lipinski definition) is 5. The minimum atomic E-state index is 0.656. The van der Waals surface area contributed by atoms with Crippen LogP contribution in [-0.4, -0.2) is 38.6 Å². The molecule has 6 heteroatoms. The molecule has 0 bridgehead atoms. The Morgan fingerprint density at radius 1 is 1.14 bits per heavy atom. The van der Waals surface area contributed by atoms with E-state index in [1.807, 2.05) is 36.9 Å². The molecule has 2 aromatic heterocycles. The SMILES string of the molecule is CCN(C)c1nc(C)nc2c1nnn2Cc1ccccc1. The minimum absolute atomic E-state index is 0.656. The average molecular weight is 282 g/mol. The summed E-state index contributed by atoms with van der Waals surface area (Å²) in [4.78, 5) is 11.1. The molecule has 0 aliphatic heterocycles. The van der Waals surface area contributed by atoms with E-state index in [0.29, 0.717) is 6.54 Å². The van der Waals surface area contributed by atoms with Crippen molar-refractivity contribution in [3.05, 3.63) is 41.7 Å². The second-order valence-electron chi connectivity index (χ2n) is 5.01. The number of hydrogen-bond donors (Lipinski definition) is 0. The van der Waals surface area contributed by atoms with Gasteiger partial charge in [-0.15, -0.1) is 5.10 Å². The summed E-state index contributed by atoms with van der Waals surface area (Å²) in [6.07, 6.45) is 0. The molecular formula is C15H18N6. The number of aromatic nitrogens is 5. The number of anilines is 1. The lowest BCUT2D eigenvalue weighted by Crippen LogP contribution is -2.18. The minimum Gasteiger partial charge on any atom is -0.358 e. The largest absolute Gasteiger partial charge is 0.358 e. The van der Waals surface area contributed by atoms with Gasteiger partial charge in [-0.05, 0) is 19.4 Å². The lowest BCUT2D eigenvalue weighted by molar-refractivity contribution is 0.663. The number of nitrogens with zero attached hydrogens (tertiary/aromatic N) is 6. The van der Waals surface area contributed by atoms with Crippen LogP contribution in [0.2, 0.25) is 0 Å². The Morgan fingerprint density at radius 2 is 1.90 bits per heavy atom. The normalized spacial score (nSPS) is 11.0. The Morgan fingerprint density at radius 3 is 2.62 bits per heavy atom. The third kappa shape index (κ3) is 2.56. The van der Waals surface area contributed by atoms with Crippen LogP contribution in [0.3, 0.4) is 0 Å². The molecule has 0 saturated carbocycles. The predicted molar refractivity (Wildman–Crippen MR) is 82.3 cm³/mol. The molecule has 108 valence electrons. The van der Waals surface area contributed by atoms with Gasteiger partial charge in [0.1, 0.15) is 5.82 Å². The summed E-state index contributed by atoms with van der Waals surface area (Å²) in [6, 6.07) is 10.2. The molecule has 0 amide bonds. The highest BCUT2D eigenvalue weighted by molar-refractivity contribution is 5.82. The lowest BCUT2D eigenvalue weighted by atomic mass is 10.2. The molecular weight excluding hydrogens is 264 g/mol. The molecule has 0 unspecified atom stereocenters. The van der Waals surface area contributed by atoms with Gasteiger partial charge in [0.15, 0.2) is 17.0 Å². The van der Waals surface area contributed by atoms with Crippen molar-refractivity contribution in [2.75, 3.05) is 18.5 Å². The van der Waals surface area contributed by atoms with Crippen LogP contribution in [0.5, 0.6) is 0 Å². The van der Waals surface area contributed by atoms with E-state index in [1.165, 1.54) is 5.56 Å². The van der Waals surface area contributed by atoms with Crippen LogP contribution < -0.4 is 4.90 Å². The van der Waals surface area contributed by atoms with E-state index in [2.05, 4.69) is 44.2 Å². The van der Waals surface area contributed by atoms with Crippen LogP contribution >= 0.6 is 0 Å². The summed E-state index contributed by atoms with van der Waals surface area (Å²) in [5, 5.41) is 8.52. The highest BCUT2D eigenvalue weighted by Crippen LogP contribution is 2.21. The third-order valence-corrected chi connectivity index (χ3v) is 3.47. The van der Waals surface area contributed by atoms with Gasteiger partial charge in [-0.25, -0.2) is 14.6 Å². The number of benzene rings is 1. The number of fused-ring (bicyclic) bond motifs is 1. The van der Waals surface area contributed by atoms with Crippen LogP contribution in [0.1, 0.15) is 18.3 Å². The third-order valence-electron chi connectivity index (χ3n) is 3.47. The van der Waals surface area contributed by atoms with Crippen molar-refractivity contribution in [3.8, 4) is 0 Å². The van der Waals surface area contributed by atoms with E-state index < -0.39 is 0 Å². The zero-order chi connectivity index (χ0) is 14.8. The second kappa shape index (κ2) is 5.47. The van der Waals surface area contributed by atoms with Crippen molar-refractivity contribution in [1.82, 2.24) is 25.0 Å². The smallest absolute Gasteiger partial charge is 0.184 e. The fourth-order valence-corrected chi connectivity index (χ4v) is 2.23. The van der Waals surface area contributed by atoms with Crippen LogP contribution in [0.25, 0.3) is 11.2 Å². The highest BCUT2D eigenvalue weighted by atomic mass is 15.4. The predicted octanol–water partition coefficient (Wildman–Crippen LogP) is 2.03. The van der Waals surface area contributed by atoms with Gasteiger partial charge in [-0.3, -0.25) is 0 Å². The number of rotatable bonds is 4. The van der Waals surface area contributed by atoms with Crippen LogP contribution in [0, 0.1) is 6.92 Å². The molecule has 2 heterocycles. The maximum Gasteiger partial charge on any atom is 0.184 e. The first-order valence-corrected chi connectivity index (χ1v) is 7.02. The molecule has 6 nitrogen and oxygen atoms in total. The first-order chi connectivity index (χ1) is 10.2. The second-order valence-corrected chi connectivity index (χ2v) is 5.01. The first kappa shape index (κ1) is 13.5. The van der Waals surface area contributed by atoms with Crippen molar-refractivity contribution in [2.45, 2.75) is 20.4 Å². The van der Waals surface area contributed by atoms with Gasteiger partial charge < -0.3 is 4.90 Å². The van der Waals surface area contributed by atoms with E-state index in [-0.39, 0.29) is 0 Å². The van der Waals surface area contributed by atoms with E-state index in [9.17, 15) is 0 Å². The summed E-state index contributed by atoms with van der Waals surface area (Å²) >= 11 is 0. The summed E-state index contributed by atoms with van der Waals surface area (Å²) in [7, 11) is 2.00. The van der Waals surface area contributed by atoms with Crippen molar-refractivity contribution < 1.29 is 0 Å². The van der Waals surface area contributed by atoms with Gasteiger partial charge in [0.2, 0.25) is 0 Å². The van der Waals surface area contributed by atoms with Gasteiger partial charge in [-0.2, -0.15) is 0 Å². The molecule has 0 fully saturated rings. The van der Waals surface area contributed by atoms with Gasteiger partial charge in [0.25, 0.3) is 0 Å². The van der Waals surface area contributed by atoms with E-state index in [1.54, 1.807) is 0 Å². The van der Waals surface area contributed by atoms with E-state index >= 15 is 0 Å². The average Bonchev–Trinajstić information content (AvgIpc) is 2.89. The Bertz CT molecular complexity index is 749. The molecule has 0 spiro atoms. The standard InChI is InChI=1S/C15H18N6/c1-4-20(3)14-13-15(17-11(2)16-14)21(19-18-13)10-12-8-6-5-7-9-12/h5-9H,4,10H2,1-3H3. The van der Waals surface area contributed by atoms with Gasteiger partial charge in [-0.1, -0.05) is 35.5 Å². The monoisotopic (exact) mass is 282 g/mol. The zero-order valence-electron chi connectivity index (χ0n) is 12.5. The fraction of sp³-hybridized carbons (Fsp3) is 0.333. The highest BCUT2D eigenvalue weighted by Gasteiger charge is 2.15. The van der Waals surface area contributed by atoms with Crippen LogP contribution in [0.4, 0.5) is 5.82 Å². The summed E-state index contributed by atoms with van der Waals surface area (Å²) in [5.41, 5.74) is 2.70. The Kier molecular flexibility index (Phi) is 3.51. The molecule has 1 aromatic carbocycles. The molecule has 0 saturated heterocycles. The zero-order valence-corrected chi connectivity index (χ0v) is 12.5. The molecule has 0 aliphatic carbocycles. The van der Waals surface area contributed by atoms with Crippen molar-refractivity contribution in [3.63, 3.8) is 0 Å². The quantitative estimate of drug-likeness (QED) is 0.733. The summed E-state index contributed by atoms with van der Waals surface area (Å²) in [5.74, 6) is 1.56. The Hall–Kier alpha value is -2.50. The fourth-order valence-electron chi connectivity index (χ4n) is 2.23. The van der Waals surface area contributed by atoms with Gasteiger partial charge in [0, 0.05) is 13.6 Å². The molecule has 0 aliphatic rings. The van der Waals surface area contributed by atoms with Crippen LogP contribution in [0.15, 0.2) is 30.3 Å². The Balaban J connectivity index is 2.07. The van der Waals surface area contributed by atoms with E-state index in [4.69, 9.17) is 0 Å². The van der Waals surface area contributed by atoms with E-state index in [0.717, 1.165) is 29.4 Å². The molecule has 0 radical (unpaired) electrons. The molecule has 0 atom stereocenters. The van der Waals surface area contributed by atoms with Gasteiger partial charge >= 0.3 is 0 Å². The lowest BCUT2D eigenvalue weighted by Gasteiger charge is -2.15. The topological polar surface area (TPSA) is 59.7 Å². The van der Waals surface area contributed by atoms with Crippen molar-refractivity contribution in [1.29, 1.82) is 0 Å². The summed E-state index contributed by atoms with van der Waals surface area (Å²) < 4.78 is 1.83. The maximum atomic E-state index is 4.51. The first-order valence-electron chi connectivity index (χ1n) is 7.02. The summed E-state index contributed by atoms with van der Waals surface area (Å²) in [6.45, 7) is 5.49. The molecule has 21 heavy (non-hydrogen) atoms. The Labute approximate surface area is 123 Å². The van der Waals surface area contributed by atoms with Crippen molar-refractivity contribution >= 4 is 17.0 Å². The van der Waals surface area contributed by atoms with Crippen LogP contribution in [-0.2, 0) is 6.54 Å². The van der Waals surface area contributed by atoms with Crippen molar-refractivity contribution in [2.24, 2.45) is 0 Å². The molecule has 3 aromatic rings. The number of aryl methyl sites for hydroxylation is 1. The molecule has 3 rings (SSSR count). The van der Waals surface area contributed by atoms with Gasteiger partial charge in [0.05, 0.1) is 6.54 Å². The maximum absolute atomic E-state index is 4.51.